The molecule has 6 nitrogen and oxygen atoms in total. The van der Waals surface area contributed by atoms with Gasteiger partial charge in [-0.05, 0) is 45.1 Å². The van der Waals surface area contributed by atoms with Crippen LogP contribution < -0.4 is 4.74 Å². The molecule has 0 N–H and O–H groups in total. The Balaban J connectivity index is 2.23. The molecule has 0 fully saturated rings. The molecule has 0 spiro atoms. The van der Waals surface area contributed by atoms with Crippen LogP contribution in [0.5, 0.6) is 5.75 Å². The van der Waals surface area contributed by atoms with Crippen LogP contribution in [0.25, 0.3) is 0 Å². The molecule has 0 unspecified atom stereocenters. The van der Waals surface area contributed by atoms with E-state index in [2.05, 4.69) is 19.6 Å². The highest BCUT2D eigenvalue weighted by molar-refractivity contribution is 6.70. The standard InChI is InChI=1S/C22H30O6Si/c1-8-27-20-12(2)21(28-29(5,6)7)22(26-4)17-16(20)18(23)13-10-9-11-14(25-3)15(13)19(17)24/h9-11,16-17,20,22H,8H2,1-7H3/t16-,17+,20+,22-/m1/s1. The molecule has 0 bridgehead atoms. The zero-order valence-corrected chi connectivity index (χ0v) is 19.2. The maximum Gasteiger partial charge on any atom is 0.241 e. The molecule has 4 atom stereocenters. The zero-order valence-electron chi connectivity index (χ0n) is 18.2. The molecular formula is C22H30O6Si. The van der Waals surface area contributed by atoms with Crippen LogP contribution in [0.3, 0.4) is 0 Å². The molecule has 0 amide bonds. The maximum atomic E-state index is 13.7. The minimum Gasteiger partial charge on any atom is -0.545 e. The fraction of sp³-hybridized carbons (Fsp3) is 0.545. The lowest BCUT2D eigenvalue weighted by molar-refractivity contribution is -0.0343. The van der Waals surface area contributed by atoms with Crippen molar-refractivity contribution >= 4 is 19.9 Å². The zero-order chi connectivity index (χ0) is 21.5. The Kier molecular flexibility index (Phi) is 6.03. The number of fused-ring (bicyclic) bond motifs is 2. The molecule has 1 aromatic rings. The minimum absolute atomic E-state index is 0.115. The van der Waals surface area contributed by atoms with Crippen molar-refractivity contribution in [2.24, 2.45) is 11.8 Å². The number of Topliss-reactive ketones (excluding diaryl/α,β-unsaturated/α-hetero) is 2. The summed E-state index contributed by atoms with van der Waals surface area (Å²) in [5.74, 6) is -0.617. The lowest BCUT2D eigenvalue weighted by Crippen LogP contribution is -2.55. The third-order valence-corrected chi connectivity index (χ3v) is 6.33. The number of hydrogen-bond donors (Lipinski definition) is 0. The third kappa shape index (κ3) is 3.67. The lowest BCUT2D eigenvalue weighted by atomic mass is 9.64. The van der Waals surface area contributed by atoms with E-state index in [1.807, 2.05) is 13.8 Å². The first-order valence-corrected chi connectivity index (χ1v) is 13.4. The van der Waals surface area contributed by atoms with E-state index < -0.39 is 32.4 Å². The van der Waals surface area contributed by atoms with Gasteiger partial charge in [-0.25, -0.2) is 0 Å². The average molecular weight is 419 g/mol. The van der Waals surface area contributed by atoms with Crippen LogP contribution in [0.1, 0.15) is 34.6 Å². The topological polar surface area (TPSA) is 71.1 Å². The van der Waals surface area contributed by atoms with Crippen molar-refractivity contribution in [3.63, 3.8) is 0 Å². The number of benzene rings is 1. The lowest BCUT2D eigenvalue weighted by Gasteiger charge is -2.45. The van der Waals surface area contributed by atoms with E-state index >= 15 is 0 Å². The predicted molar refractivity (Wildman–Crippen MR) is 112 cm³/mol. The predicted octanol–water partition coefficient (Wildman–Crippen LogP) is 3.87. The van der Waals surface area contributed by atoms with E-state index in [9.17, 15) is 9.59 Å². The van der Waals surface area contributed by atoms with E-state index in [1.165, 1.54) is 7.11 Å². The van der Waals surface area contributed by atoms with Gasteiger partial charge in [-0.2, -0.15) is 0 Å². The van der Waals surface area contributed by atoms with E-state index in [1.54, 1.807) is 25.3 Å². The first kappa shape index (κ1) is 21.7. The molecule has 0 heterocycles. The Hall–Kier alpha value is -1.96. The van der Waals surface area contributed by atoms with Crippen molar-refractivity contribution in [1.29, 1.82) is 0 Å². The first-order chi connectivity index (χ1) is 13.7. The first-order valence-electron chi connectivity index (χ1n) is 9.95. The summed E-state index contributed by atoms with van der Waals surface area (Å²) in [5, 5.41) is 0. The van der Waals surface area contributed by atoms with Crippen molar-refractivity contribution in [3.05, 3.63) is 40.7 Å². The van der Waals surface area contributed by atoms with Gasteiger partial charge in [-0.3, -0.25) is 9.59 Å². The van der Waals surface area contributed by atoms with Crippen LogP contribution in [0, 0.1) is 11.8 Å². The number of rotatable bonds is 6. The fourth-order valence-electron chi connectivity index (χ4n) is 4.41. The molecule has 158 valence electrons. The molecule has 1 aromatic carbocycles. The molecule has 0 aromatic heterocycles. The van der Waals surface area contributed by atoms with Crippen LogP contribution in [0.2, 0.25) is 19.6 Å². The molecule has 29 heavy (non-hydrogen) atoms. The van der Waals surface area contributed by atoms with Gasteiger partial charge >= 0.3 is 0 Å². The number of methoxy groups -OCH3 is 2. The van der Waals surface area contributed by atoms with E-state index in [4.69, 9.17) is 18.6 Å². The Labute approximate surface area is 173 Å². The van der Waals surface area contributed by atoms with Crippen LogP contribution in [0.4, 0.5) is 0 Å². The van der Waals surface area contributed by atoms with Crippen molar-refractivity contribution in [3.8, 4) is 5.75 Å². The van der Waals surface area contributed by atoms with Crippen molar-refractivity contribution in [2.75, 3.05) is 20.8 Å². The smallest absolute Gasteiger partial charge is 0.241 e. The summed E-state index contributed by atoms with van der Waals surface area (Å²) in [5.41, 5.74) is 1.54. The molecule has 3 rings (SSSR count). The Bertz CT molecular complexity index is 853. The Morgan fingerprint density at radius 1 is 1.00 bits per heavy atom. The number of ketones is 2. The quantitative estimate of drug-likeness (QED) is 0.653. The normalized spacial score (nSPS) is 26.9. The molecule has 0 saturated carbocycles. The number of ether oxygens (including phenoxy) is 3. The van der Waals surface area contributed by atoms with Gasteiger partial charge in [0.15, 0.2) is 11.6 Å². The van der Waals surface area contributed by atoms with Gasteiger partial charge in [0.05, 0.1) is 30.6 Å². The molecule has 7 heteroatoms. The van der Waals surface area contributed by atoms with Gasteiger partial charge in [-0.1, -0.05) is 12.1 Å². The number of hydrogen-bond acceptors (Lipinski definition) is 6. The summed E-state index contributed by atoms with van der Waals surface area (Å²) >= 11 is 0. The highest BCUT2D eigenvalue weighted by Crippen LogP contribution is 2.47. The van der Waals surface area contributed by atoms with Crippen LogP contribution in [0.15, 0.2) is 29.5 Å². The van der Waals surface area contributed by atoms with Gasteiger partial charge in [0, 0.05) is 19.3 Å². The van der Waals surface area contributed by atoms with Gasteiger partial charge in [0.25, 0.3) is 0 Å². The Morgan fingerprint density at radius 3 is 2.21 bits per heavy atom. The van der Waals surface area contributed by atoms with E-state index in [0.717, 1.165) is 5.57 Å². The van der Waals surface area contributed by atoms with Gasteiger partial charge in [-0.15, -0.1) is 0 Å². The van der Waals surface area contributed by atoms with Gasteiger partial charge in [0.1, 0.15) is 17.6 Å². The summed E-state index contributed by atoms with van der Waals surface area (Å²) in [6.45, 7) is 10.5. The molecule has 2 aliphatic rings. The SMILES string of the molecule is CCO[C@H]1C(C)=C(O[Si](C)(C)C)[C@H](OC)[C@@H]2C(=O)c3c(OC)cccc3C(=O)[C@@H]21. The van der Waals surface area contributed by atoms with Crippen molar-refractivity contribution < 1.29 is 28.2 Å². The maximum absolute atomic E-state index is 13.7. The summed E-state index contributed by atoms with van der Waals surface area (Å²) in [7, 11) is 1.06. The Morgan fingerprint density at radius 2 is 1.66 bits per heavy atom. The minimum atomic E-state index is -2.00. The van der Waals surface area contributed by atoms with Gasteiger partial charge < -0.3 is 18.6 Å². The molecule has 0 aliphatic heterocycles. The number of carbonyl (C=O) groups is 2. The highest BCUT2D eigenvalue weighted by Gasteiger charge is 2.55. The second-order valence-corrected chi connectivity index (χ2v) is 12.9. The van der Waals surface area contributed by atoms with Crippen molar-refractivity contribution in [2.45, 2.75) is 45.7 Å². The van der Waals surface area contributed by atoms with E-state index in [-0.39, 0.29) is 11.6 Å². The van der Waals surface area contributed by atoms with Crippen LogP contribution >= 0.6 is 0 Å². The monoisotopic (exact) mass is 418 g/mol. The summed E-state index contributed by atoms with van der Waals surface area (Å²) < 4.78 is 23.6. The second-order valence-electron chi connectivity index (χ2n) is 8.46. The van der Waals surface area contributed by atoms with Crippen molar-refractivity contribution in [1.82, 2.24) is 0 Å². The summed E-state index contributed by atoms with van der Waals surface area (Å²) in [6.07, 6.45) is -1.17. The molecule has 0 radical (unpaired) electrons. The van der Waals surface area contributed by atoms with Crippen LogP contribution in [-0.4, -0.2) is 52.9 Å². The molecule has 2 aliphatic carbocycles. The molecule has 0 saturated heterocycles. The van der Waals surface area contributed by atoms with E-state index in [0.29, 0.717) is 29.2 Å². The fourth-order valence-corrected chi connectivity index (χ4v) is 5.35. The number of carbonyl (C=O) groups excluding carboxylic acids is 2. The van der Waals surface area contributed by atoms with Crippen LogP contribution in [-0.2, 0) is 13.9 Å². The van der Waals surface area contributed by atoms with Gasteiger partial charge in [0.2, 0.25) is 8.32 Å². The summed E-state index contributed by atoms with van der Waals surface area (Å²) in [4.78, 5) is 27.2. The third-order valence-electron chi connectivity index (χ3n) is 5.49. The average Bonchev–Trinajstić information content (AvgIpc) is 2.67. The second kappa shape index (κ2) is 8.05. The molecular weight excluding hydrogens is 388 g/mol. The summed E-state index contributed by atoms with van der Waals surface area (Å²) in [6, 6.07) is 5.12. The largest absolute Gasteiger partial charge is 0.545 e. The highest BCUT2D eigenvalue weighted by atomic mass is 28.4.